The number of carbonyl (C=O) groups excluding carboxylic acids is 1. The molecule has 0 aliphatic carbocycles. The fourth-order valence-corrected chi connectivity index (χ4v) is 1.33. The van der Waals surface area contributed by atoms with Gasteiger partial charge in [0.25, 0.3) is 5.91 Å². The molecule has 2 rings (SSSR count). The Hall–Kier alpha value is -2.37. The molecular formula is C11H12N4O2. The van der Waals surface area contributed by atoms with Crippen molar-refractivity contribution in [3.63, 3.8) is 0 Å². The molecule has 0 bridgehead atoms. The Morgan fingerprint density at radius 3 is 3.18 bits per heavy atom. The molecule has 0 fully saturated rings. The summed E-state index contributed by atoms with van der Waals surface area (Å²) in [7, 11) is 1.55. The fraction of sp³-hybridized carbons (Fsp3) is 0.182. The lowest BCUT2D eigenvalue weighted by Crippen LogP contribution is -2.22. The van der Waals surface area contributed by atoms with Crippen LogP contribution in [0, 0.1) is 0 Å². The highest BCUT2D eigenvalue weighted by molar-refractivity contribution is 5.93. The van der Waals surface area contributed by atoms with Crippen LogP contribution in [0.1, 0.15) is 15.9 Å². The largest absolute Gasteiger partial charge is 0.481 e. The molecule has 0 aliphatic rings. The standard InChI is InChI=1S/C11H12N4O2/c1-17-10-4-8(2-3-12-10)5-13-11(16)9-6-14-15-7-9/h2-4,6-7H,5H2,1H3,(H,13,16)(H,14,15). The number of amides is 1. The van der Waals surface area contributed by atoms with Crippen molar-refractivity contribution in [1.29, 1.82) is 0 Å². The molecule has 2 aromatic heterocycles. The van der Waals surface area contributed by atoms with Gasteiger partial charge in [-0.25, -0.2) is 4.98 Å². The zero-order valence-electron chi connectivity index (χ0n) is 9.30. The summed E-state index contributed by atoms with van der Waals surface area (Å²) in [5, 5.41) is 9.07. The average Bonchev–Trinajstić information content (AvgIpc) is 2.90. The third-order valence-corrected chi connectivity index (χ3v) is 2.22. The van der Waals surface area contributed by atoms with Crippen LogP contribution in [0.4, 0.5) is 0 Å². The molecule has 0 aromatic carbocycles. The number of carbonyl (C=O) groups is 1. The van der Waals surface area contributed by atoms with Crippen LogP contribution in [0.25, 0.3) is 0 Å². The van der Waals surface area contributed by atoms with Gasteiger partial charge in [-0.1, -0.05) is 0 Å². The molecular weight excluding hydrogens is 220 g/mol. The van der Waals surface area contributed by atoms with E-state index in [9.17, 15) is 4.79 Å². The molecule has 0 radical (unpaired) electrons. The molecule has 0 saturated carbocycles. The lowest BCUT2D eigenvalue weighted by Gasteiger charge is -2.05. The number of aromatic nitrogens is 3. The van der Waals surface area contributed by atoms with Gasteiger partial charge in [0.05, 0.1) is 18.9 Å². The van der Waals surface area contributed by atoms with Crippen molar-refractivity contribution in [3.8, 4) is 5.88 Å². The predicted octanol–water partition coefficient (Wildman–Crippen LogP) is 0.743. The second-order valence-electron chi connectivity index (χ2n) is 3.38. The first-order valence-corrected chi connectivity index (χ1v) is 5.05. The number of nitrogens with one attached hydrogen (secondary N) is 2. The molecule has 0 unspecified atom stereocenters. The molecule has 88 valence electrons. The van der Waals surface area contributed by atoms with Crippen molar-refractivity contribution in [2.45, 2.75) is 6.54 Å². The zero-order chi connectivity index (χ0) is 12.1. The Morgan fingerprint density at radius 2 is 2.47 bits per heavy atom. The third-order valence-electron chi connectivity index (χ3n) is 2.22. The topological polar surface area (TPSA) is 79.9 Å². The molecule has 2 heterocycles. The van der Waals surface area contributed by atoms with Crippen molar-refractivity contribution < 1.29 is 9.53 Å². The monoisotopic (exact) mass is 232 g/mol. The number of H-pyrrole nitrogens is 1. The third kappa shape index (κ3) is 2.81. The number of methoxy groups -OCH3 is 1. The highest BCUT2D eigenvalue weighted by Crippen LogP contribution is 2.08. The van der Waals surface area contributed by atoms with Crippen LogP contribution in [0.15, 0.2) is 30.7 Å². The van der Waals surface area contributed by atoms with Gasteiger partial charge < -0.3 is 10.1 Å². The first-order valence-electron chi connectivity index (χ1n) is 5.05. The second kappa shape index (κ2) is 5.11. The van der Waals surface area contributed by atoms with Gasteiger partial charge in [0.2, 0.25) is 5.88 Å². The predicted molar refractivity (Wildman–Crippen MR) is 60.5 cm³/mol. The number of aromatic amines is 1. The molecule has 6 heteroatoms. The summed E-state index contributed by atoms with van der Waals surface area (Å²) < 4.78 is 5.00. The summed E-state index contributed by atoms with van der Waals surface area (Å²) in [6.07, 6.45) is 4.66. The highest BCUT2D eigenvalue weighted by Gasteiger charge is 2.06. The zero-order valence-corrected chi connectivity index (χ0v) is 9.30. The number of hydrogen-bond donors (Lipinski definition) is 2. The Kier molecular flexibility index (Phi) is 3.34. The summed E-state index contributed by atoms with van der Waals surface area (Å²) in [6, 6.07) is 3.59. The maximum atomic E-state index is 11.6. The van der Waals surface area contributed by atoms with Crippen molar-refractivity contribution in [1.82, 2.24) is 20.5 Å². The maximum Gasteiger partial charge on any atom is 0.254 e. The number of rotatable bonds is 4. The quantitative estimate of drug-likeness (QED) is 0.815. The van der Waals surface area contributed by atoms with Crippen LogP contribution < -0.4 is 10.1 Å². The minimum atomic E-state index is -0.172. The first kappa shape index (κ1) is 11.1. The van der Waals surface area contributed by atoms with E-state index in [2.05, 4.69) is 20.5 Å². The van der Waals surface area contributed by atoms with E-state index in [1.807, 2.05) is 6.07 Å². The van der Waals surface area contributed by atoms with E-state index in [1.54, 1.807) is 25.6 Å². The van der Waals surface area contributed by atoms with Gasteiger partial charge in [0.15, 0.2) is 0 Å². The van der Waals surface area contributed by atoms with E-state index in [0.717, 1.165) is 5.56 Å². The molecule has 0 atom stereocenters. The Labute approximate surface area is 98.0 Å². The lowest BCUT2D eigenvalue weighted by atomic mass is 10.2. The number of ether oxygens (including phenoxy) is 1. The SMILES string of the molecule is COc1cc(CNC(=O)c2cn[nH]c2)ccn1. The van der Waals surface area contributed by atoms with Crippen molar-refractivity contribution in [3.05, 3.63) is 41.9 Å². The number of pyridine rings is 1. The average molecular weight is 232 g/mol. The minimum Gasteiger partial charge on any atom is -0.481 e. The first-order chi connectivity index (χ1) is 8.29. The summed E-state index contributed by atoms with van der Waals surface area (Å²) >= 11 is 0. The molecule has 2 aromatic rings. The summed E-state index contributed by atoms with van der Waals surface area (Å²) in [6.45, 7) is 0.420. The molecule has 2 N–H and O–H groups in total. The molecule has 0 saturated heterocycles. The van der Waals surface area contributed by atoms with Gasteiger partial charge in [0.1, 0.15) is 0 Å². The Morgan fingerprint density at radius 1 is 1.59 bits per heavy atom. The van der Waals surface area contributed by atoms with E-state index in [1.165, 1.54) is 6.20 Å². The Bertz CT molecular complexity index is 496. The maximum absolute atomic E-state index is 11.6. The number of nitrogens with zero attached hydrogens (tertiary/aromatic N) is 2. The normalized spacial score (nSPS) is 9.94. The van der Waals surface area contributed by atoms with E-state index >= 15 is 0 Å². The highest BCUT2D eigenvalue weighted by atomic mass is 16.5. The van der Waals surface area contributed by atoms with Crippen LogP contribution >= 0.6 is 0 Å². The van der Waals surface area contributed by atoms with Crippen molar-refractivity contribution >= 4 is 5.91 Å². The fourth-order valence-electron chi connectivity index (χ4n) is 1.33. The van der Waals surface area contributed by atoms with Gasteiger partial charge in [-0.15, -0.1) is 0 Å². The van der Waals surface area contributed by atoms with Crippen LogP contribution in [-0.4, -0.2) is 28.2 Å². The van der Waals surface area contributed by atoms with Crippen molar-refractivity contribution in [2.75, 3.05) is 7.11 Å². The number of hydrogen-bond acceptors (Lipinski definition) is 4. The molecule has 17 heavy (non-hydrogen) atoms. The van der Waals surface area contributed by atoms with Gasteiger partial charge >= 0.3 is 0 Å². The summed E-state index contributed by atoms with van der Waals surface area (Å²) in [5.74, 6) is 0.356. The van der Waals surface area contributed by atoms with Crippen LogP contribution in [0.2, 0.25) is 0 Å². The van der Waals surface area contributed by atoms with Gasteiger partial charge in [-0.2, -0.15) is 5.10 Å². The van der Waals surface area contributed by atoms with Crippen LogP contribution in [0.5, 0.6) is 5.88 Å². The smallest absolute Gasteiger partial charge is 0.254 e. The molecule has 6 nitrogen and oxygen atoms in total. The van der Waals surface area contributed by atoms with E-state index < -0.39 is 0 Å². The van der Waals surface area contributed by atoms with Gasteiger partial charge in [-0.3, -0.25) is 9.89 Å². The van der Waals surface area contributed by atoms with E-state index in [0.29, 0.717) is 18.0 Å². The summed E-state index contributed by atoms with van der Waals surface area (Å²) in [4.78, 5) is 15.6. The van der Waals surface area contributed by atoms with Crippen molar-refractivity contribution in [2.24, 2.45) is 0 Å². The van der Waals surface area contributed by atoms with Crippen LogP contribution in [0.3, 0.4) is 0 Å². The molecule has 0 aliphatic heterocycles. The lowest BCUT2D eigenvalue weighted by molar-refractivity contribution is 0.0951. The second-order valence-corrected chi connectivity index (χ2v) is 3.38. The van der Waals surface area contributed by atoms with E-state index in [-0.39, 0.29) is 5.91 Å². The van der Waals surface area contributed by atoms with Gasteiger partial charge in [0, 0.05) is 25.0 Å². The summed E-state index contributed by atoms with van der Waals surface area (Å²) in [5.41, 5.74) is 1.43. The van der Waals surface area contributed by atoms with Crippen LogP contribution in [-0.2, 0) is 6.54 Å². The molecule has 0 spiro atoms. The minimum absolute atomic E-state index is 0.172. The van der Waals surface area contributed by atoms with Gasteiger partial charge in [-0.05, 0) is 11.6 Å². The van der Waals surface area contributed by atoms with E-state index in [4.69, 9.17) is 4.74 Å². The molecule has 1 amide bonds. The Balaban J connectivity index is 1.95.